The van der Waals surface area contributed by atoms with Gasteiger partial charge >= 0.3 is 0 Å². The number of aromatic nitrogens is 2. The van der Waals surface area contributed by atoms with Crippen LogP contribution in [0.1, 0.15) is 22.3 Å². The van der Waals surface area contributed by atoms with Crippen LogP contribution in [0.4, 0.5) is 0 Å². The first-order valence-corrected chi connectivity index (χ1v) is 7.60. The second kappa shape index (κ2) is 4.71. The molecule has 0 spiro atoms. The summed E-state index contributed by atoms with van der Waals surface area (Å²) in [5.41, 5.74) is 8.63. The van der Waals surface area contributed by atoms with Crippen LogP contribution < -0.4 is 5.46 Å². The summed E-state index contributed by atoms with van der Waals surface area (Å²) < 4.78 is 1.29. The fourth-order valence-electron chi connectivity index (χ4n) is 2.44. The Bertz CT molecular complexity index is 759. The Morgan fingerprint density at radius 3 is 2.30 bits per heavy atom. The maximum absolute atomic E-state index is 4.83. The zero-order valence-electron chi connectivity index (χ0n) is 12.5. The molecule has 20 heavy (non-hydrogen) atoms. The number of benzene rings is 1. The standard InChI is InChI=1S/C16H17BN2S/c1-8-9(2)11(4)15-14(10(8)3)19-16(20-15)13-6-5-12(17)7-18-13/h5-7H,17H2,1-4H3. The van der Waals surface area contributed by atoms with Gasteiger partial charge in [-0.05, 0) is 56.0 Å². The fourth-order valence-corrected chi connectivity index (χ4v) is 3.60. The number of hydrogen-bond acceptors (Lipinski definition) is 3. The van der Waals surface area contributed by atoms with Gasteiger partial charge in [0.1, 0.15) is 12.9 Å². The Morgan fingerprint density at radius 2 is 1.65 bits per heavy atom. The molecule has 0 amide bonds. The third-order valence-corrected chi connectivity index (χ3v) is 5.34. The monoisotopic (exact) mass is 280 g/mol. The molecule has 0 saturated carbocycles. The highest BCUT2D eigenvalue weighted by atomic mass is 32.1. The molecular formula is C16H17BN2S. The minimum Gasteiger partial charge on any atom is -0.254 e. The van der Waals surface area contributed by atoms with Crippen molar-refractivity contribution in [2.45, 2.75) is 27.7 Å². The quantitative estimate of drug-likeness (QED) is 0.641. The first kappa shape index (κ1) is 13.3. The van der Waals surface area contributed by atoms with Gasteiger partial charge in [0.2, 0.25) is 0 Å². The molecule has 0 unspecified atom stereocenters. The molecule has 100 valence electrons. The summed E-state index contributed by atoms with van der Waals surface area (Å²) in [6.45, 7) is 8.73. The molecule has 0 aliphatic carbocycles. The van der Waals surface area contributed by atoms with Gasteiger partial charge in [-0.1, -0.05) is 11.5 Å². The number of pyridine rings is 1. The van der Waals surface area contributed by atoms with E-state index in [0.29, 0.717) is 0 Å². The van der Waals surface area contributed by atoms with E-state index in [4.69, 9.17) is 4.98 Å². The molecular weight excluding hydrogens is 263 g/mol. The first-order chi connectivity index (χ1) is 9.49. The SMILES string of the molecule is Bc1ccc(-c2nc3c(C)c(C)c(C)c(C)c3s2)nc1. The van der Waals surface area contributed by atoms with E-state index in [2.05, 4.69) is 52.7 Å². The molecule has 2 nitrogen and oxygen atoms in total. The van der Waals surface area contributed by atoms with Gasteiger partial charge in [-0.3, -0.25) is 4.98 Å². The highest BCUT2D eigenvalue weighted by molar-refractivity contribution is 7.21. The van der Waals surface area contributed by atoms with Gasteiger partial charge in [-0.25, -0.2) is 4.98 Å². The minimum absolute atomic E-state index is 0.964. The van der Waals surface area contributed by atoms with Crippen LogP contribution in [0.15, 0.2) is 18.3 Å². The van der Waals surface area contributed by atoms with Crippen LogP contribution in [0.5, 0.6) is 0 Å². The third-order valence-electron chi connectivity index (χ3n) is 4.14. The summed E-state index contributed by atoms with van der Waals surface area (Å²) in [6.07, 6.45) is 1.90. The topological polar surface area (TPSA) is 25.8 Å². The van der Waals surface area contributed by atoms with E-state index in [1.807, 2.05) is 6.20 Å². The number of hydrogen-bond donors (Lipinski definition) is 0. The molecule has 2 heterocycles. The van der Waals surface area contributed by atoms with E-state index >= 15 is 0 Å². The summed E-state index contributed by atoms with van der Waals surface area (Å²) in [4.78, 5) is 9.33. The average Bonchev–Trinajstić information content (AvgIpc) is 2.89. The second-order valence-electron chi connectivity index (χ2n) is 5.42. The Morgan fingerprint density at radius 1 is 0.950 bits per heavy atom. The van der Waals surface area contributed by atoms with E-state index in [1.54, 1.807) is 11.3 Å². The van der Waals surface area contributed by atoms with Crippen LogP contribution >= 0.6 is 11.3 Å². The summed E-state index contributed by atoms with van der Waals surface area (Å²) in [5, 5.41) is 1.01. The fraction of sp³-hybridized carbons (Fsp3) is 0.250. The largest absolute Gasteiger partial charge is 0.254 e. The van der Waals surface area contributed by atoms with Gasteiger partial charge < -0.3 is 0 Å². The summed E-state index contributed by atoms with van der Waals surface area (Å²) in [5.74, 6) is 0. The molecule has 0 saturated heterocycles. The van der Waals surface area contributed by atoms with Gasteiger partial charge in [0.15, 0.2) is 0 Å². The van der Waals surface area contributed by atoms with Crippen molar-refractivity contribution in [1.82, 2.24) is 9.97 Å². The van der Waals surface area contributed by atoms with E-state index in [1.165, 1.54) is 32.4 Å². The molecule has 0 atom stereocenters. The Kier molecular flexibility index (Phi) is 3.13. The van der Waals surface area contributed by atoms with Crippen LogP contribution in [-0.4, -0.2) is 17.8 Å². The average molecular weight is 280 g/mol. The molecule has 4 heteroatoms. The molecule has 0 aliphatic heterocycles. The van der Waals surface area contributed by atoms with Crippen molar-refractivity contribution >= 4 is 34.9 Å². The van der Waals surface area contributed by atoms with Gasteiger partial charge in [-0.2, -0.15) is 0 Å². The van der Waals surface area contributed by atoms with Crippen molar-refractivity contribution in [2.24, 2.45) is 0 Å². The summed E-state index contributed by atoms with van der Waals surface area (Å²) in [6, 6.07) is 4.14. The smallest absolute Gasteiger partial charge is 0.143 e. The molecule has 0 fully saturated rings. The molecule has 0 aliphatic rings. The maximum Gasteiger partial charge on any atom is 0.143 e. The normalized spacial score (nSPS) is 11.2. The zero-order chi connectivity index (χ0) is 14.4. The molecule has 0 N–H and O–H groups in total. The van der Waals surface area contributed by atoms with Gasteiger partial charge in [-0.15, -0.1) is 11.3 Å². The number of aryl methyl sites for hydroxylation is 2. The van der Waals surface area contributed by atoms with Crippen LogP contribution in [0.25, 0.3) is 20.9 Å². The van der Waals surface area contributed by atoms with Crippen LogP contribution in [0.3, 0.4) is 0 Å². The van der Waals surface area contributed by atoms with Crippen LogP contribution in [0.2, 0.25) is 0 Å². The highest BCUT2D eigenvalue weighted by Gasteiger charge is 2.15. The van der Waals surface area contributed by atoms with Crippen molar-refractivity contribution in [3.05, 3.63) is 40.6 Å². The van der Waals surface area contributed by atoms with E-state index in [-0.39, 0.29) is 0 Å². The molecule has 1 aromatic carbocycles. The van der Waals surface area contributed by atoms with Crippen molar-refractivity contribution in [3.63, 3.8) is 0 Å². The van der Waals surface area contributed by atoms with Gasteiger partial charge in [0.05, 0.1) is 15.9 Å². The molecule has 2 aromatic heterocycles. The van der Waals surface area contributed by atoms with Crippen molar-refractivity contribution in [3.8, 4) is 10.7 Å². The number of nitrogens with zero attached hydrogens (tertiary/aromatic N) is 2. The molecule has 0 radical (unpaired) electrons. The second-order valence-corrected chi connectivity index (χ2v) is 6.42. The maximum atomic E-state index is 4.83. The number of rotatable bonds is 1. The van der Waals surface area contributed by atoms with Crippen molar-refractivity contribution in [2.75, 3.05) is 0 Å². The lowest BCUT2D eigenvalue weighted by Crippen LogP contribution is -2.01. The zero-order valence-corrected chi connectivity index (χ0v) is 13.4. The summed E-state index contributed by atoms with van der Waals surface area (Å²) >= 11 is 1.75. The first-order valence-electron chi connectivity index (χ1n) is 6.79. The third kappa shape index (κ3) is 1.95. The van der Waals surface area contributed by atoms with Crippen molar-refractivity contribution < 1.29 is 0 Å². The van der Waals surface area contributed by atoms with Gasteiger partial charge in [0.25, 0.3) is 0 Å². The predicted octanol–water partition coefficient (Wildman–Crippen LogP) is 2.85. The molecule has 3 aromatic rings. The lowest BCUT2D eigenvalue weighted by Gasteiger charge is -2.09. The minimum atomic E-state index is 0.964. The number of fused-ring (bicyclic) bond motifs is 1. The lowest BCUT2D eigenvalue weighted by atomic mass is 9.98. The predicted molar refractivity (Wildman–Crippen MR) is 90.0 cm³/mol. The van der Waals surface area contributed by atoms with E-state index in [0.717, 1.165) is 16.2 Å². The van der Waals surface area contributed by atoms with Crippen molar-refractivity contribution in [1.29, 1.82) is 0 Å². The molecule has 3 rings (SSSR count). The van der Waals surface area contributed by atoms with Crippen LogP contribution in [0, 0.1) is 27.7 Å². The number of thiazole rings is 1. The van der Waals surface area contributed by atoms with E-state index in [9.17, 15) is 0 Å². The van der Waals surface area contributed by atoms with Crippen LogP contribution in [-0.2, 0) is 0 Å². The van der Waals surface area contributed by atoms with E-state index < -0.39 is 0 Å². The van der Waals surface area contributed by atoms with Gasteiger partial charge in [0, 0.05) is 6.20 Å². The Hall–Kier alpha value is -1.68. The summed E-state index contributed by atoms with van der Waals surface area (Å²) in [7, 11) is 2.05. The molecule has 0 bridgehead atoms. The highest BCUT2D eigenvalue weighted by Crippen LogP contribution is 2.36. The Balaban J connectivity index is 2.28. The lowest BCUT2D eigenvalue weighted by molar-refractivity contribution is 1.24. The Labute approximate surface area is 124 Å².